The fourth-order valence-electron chi connectivity index (χ4n) is 1.64. The molecule has 0 aromatic heterocycles. The Morgan fingerprint density at radius 2 is 2.33 bits per heavy atom. The quantitative estimate of drug-likeness (QED) is 0.724. The van der Waals surface area contributed by atoms with Gasteiger partial charge in [0, 0.05) is 40.0 Å². The minimum atomic E-state index is -0.711. The van der Waals surface area contributed by atoms with E-state index in [0.717, 1.165) is 23.8 Å². The summed E-state index contributed by atoms with van der Waals surface area (Å²) in [7, 11) is -0.711. The molecule has 2 heterocycles. The lowest BCUT2D eigenvalue weighted by atomic mass is 10.2. The van der Waals surface area contributed by atoms with Gasteiger partial charge in [-0.3, -0.25) is 14.3 Å². The average Bonchev–Trinajstić information content (AvgIpc) is 2.75. The monoisotopic (exact) mass is 270 g/mol. The second-order valence-electron chi connectivity index (χ2n) is 3.58. The summed E-state index contributed by atoms with van der Waals surface area (Å²) in [5, 5.41) is 6.06. The molecule has 2 N–H and O–H groups in total. The van der Waals surface area contributed by atoms with Gasteiger partial charge in [0.15, 0.2) is 0 Å². The third-order valence-corrected chi connectivity index (χ3v) is 4.87. The van der Waals surface area contributed by atoms with Crippen LogP contribution in [0.3, 0.4) is 0 Å². The maximum absolute atomic E-state index is 11.6. The highest BCUT2D eigenvalue weighted by Crippen LogP contribution is 2.11. The van der Waals surface area contributed by atoms with Crippen molar-refractivity contribution in [2.24, 2.45) is 0 Å². The van der Waals surface area contributed by atoms with Gasteiger partial charge in [0.25, 0.3) is 0 Å². The van der Waals surface area contributed by atoms with Gasteiger partial charge >= 0.3 is 0 Å². The minimum absolute atomic E-state index is 0. The first-order valence-corrected chi connectivity index (χ1v) is 7.36. The van der Waals surface area contributed by atoms with Crippen LogP contribution in [0, 0.1) is 0 Å². The maximum Gasteiger partial charge on any atom is 0.238 e. The number of halogens is 1. The van der Waals surface area contributed by atoms with Gasteiger partial charge in [0.2, 0.25) is 5.91 Å². The van der Waals surface area contributed by atoms with E-state index in [1.165, 1.54) is 0 Å². The Kier molecular flexibility index (Phi) is 5.38. The highest BCUT2D eigenvalue weighted by Gasteiger charge is 2.27. The third-order valence-electron chi connectivity index (χ3n) is 2.46. The van der Waals surface area contributed by atoms with Gasteiger partial charge in [0.05, 0.1) is 6.04 Å². The lowest BCUT2D eigenvalue weighted by molar-refractivity contribution is -0.122. The van der Waals surface area contributed by atoms with Crippen LogP contribution >= 0.6 is 24.2 Å². The van der Waals surface area contributed by atoms with Crippen LogP contribution in [0.4, 0.5) is 0 Å². The summed E-state index contributed by atoms with van der Waals surface area (Å²) in [6.07, 6.45) is 0.859. The SMILES string of the molecule is Cl.O=C(NC1CCS(=O)C1)[C@H]1CSCN1. The van der Waals surface area contributed by atoms with Crippen LogP contribution in [0.2, 0.25) is 0 Å². The van der Waals surface area contributed by atoms with E-state index in [-0.39, 0.29) is 30.4 Å². The molecule has 0 aromatic rings. The number of amides is 1. The van der Waals surface area contributed by atoms with Crippen LogP contribution < -0.4 is 10.6 Å². The minimum Gasteiger partial charge on any atom is -0.351 e. The predicted octanol–water partition coefficient (Wildman–Crippen LogP) is -0.292. The molecule has 3 atom stereocenters. The molecular weight excluding hydrogens is 256 g/mol. The number of carbonyl (C=O) groups excluding carboxylic acids is 1. The van der Waals surface area contributed by atoms with E-state index in [9.17, 15) is 9.00 Å². The van der Waals surface area contributed by atoms with Crippen molar-refractivity contribution in [2.45, 2.75) is 18.5 Å². The Labute approximate surface area is 102 Å². The summed E-state index contributed by atoms with van der Waals surface area (Å²) in [5.74, 6) is 3.14. The Balaban J connectivity index is 0.00000112. The average molecular weight is 271 g/mol. The van der Waals surface area contributed by atoms with E-state index in [1.54, 1.807) is 11.8 Å². The second kappa shape index (κ2) is 6.08. The second-order valence-corrected chi connectivity index (χ2v) is 6.23. The van der Waals surface area contributed by atoms with E-state index in [0.29, 0.717) is 5.75 Å². The Bertz CT molecular complexity index is 259. The van der Waals surface area contributed by atoms with Gasteiger partial charge in [-0.05, 0) is 6.42 Å². The maximum atomic E-state index is 11.6. The van der Waals surface area contributed by atoms with Gasteiger partial charge in [0.1, 0.15) is 0 Å². The molecule has 0 aliphatic carbocycles. The molecule has 0 bridgehead atoms. The molecule has 2 aliphatic heterocycles. The Morgan fingerprint density at radius 1 is 1.53 bits per heavy atom. The van der Waals surface area contributed by atoms with Crippen LogP contribution in [-0.2, 0) is 15.6 Å². The molecule has 15 heavy (non-hydrogen) atoms. The first kappa shape index (κ1) is 13.3. The van der Waals surface area contributed by atoms with E-state index in [4.69, 9.17) is 0 Å². The molecule has 0 radical (unpaired) electrons. The van der Waals surface area contributed by atoms with Crippen LogP contribution in [0.1, 0.15) is 6.42 Å². The van der Waals surface area contributed by atoms with Gasteiger partial charge in [-0.25, -0.2) is 0 Å². The standard InChI is InChI=1S/C8H14N2O2S2.ClH/c11-8(7-3-13-5-9-7)10-6-1-2-14(12)4-6;/h6-7,9H,1-5H2,(H,10,11);1H/t6?,7-,14?;/m1./s1. The molecule has 2 rings (SSSR count). The van der Waals surface area contributed by atoms with Gasteiger partial charge in [-0.2, -0.15) is 0 Å². The highest BCUT2D eigenvalue weighted by molar-refractivity contribution is 7.99. The fraction of sp³-hybridized carbons (Fsp3) is 0.875. The lowest BCUT2D eigenvalue weighted by Crippen LogP contribution is -2.46. The van der Waals surface area contributed by atoms with E-state index in [1.807, 2.05) is 0 Å². The predicted molar refractivity (Wildman–Crippen MR) is 65.9 cm³/mol. The van der Waals surface area contributed by atoms with E-state index in [2.05, 4.69) is 10.6 Å². The molecule has 0 spiro atoms. The van der Waals surface area contributed by atoms with Crippen molar-refractivity contribution in [2.75, 3.05) is 23.1 Å². The summed E-state index contributed by atoms with van der Waals surface area (Å²) in [6.45, 7) is 0. The largest absolute Gasteiger partial charge is 0.351 e. The first-order chi connectivity index (χ1) is 6.75. The smallest absolute Gasteiger partial charge is 0.238 e. The summed E-state index contributed by atoms with van der Waals surface area (Å²) >= 11 is 1.74. The molecule has 0 saturated carbocycles. The number of carbonyl (C=O) groups is 1. The van der Waals surface area contributed by atoms with Crippen molar-refractivity contribution in [3.63, 3.8) is 0 Å². The van der Waals surface area contributed by atoms with Crippen LogP contribution in [0.5, 0.6) is 0 Å². The molecule has 2 aliphatic rings. The van der Waals surface area contributed by atoms with Crippen molar-refractivity contribution < 1.29 is 9.00 Å². The molecule has 88 valence electrons. The molecule has 2 unspecified atom stereocenters. The highest BCUT2D eigenvalue weighted by atomic mass is 35.5. The molecule has 2 fully saturated rings. The van der Waals surface area contributed by atoms with Crippen molar-refractivity contribution in [3.8, 4) is 0 Å². The zero-order valence-electron chi connectivity index (χ0n) is 8.23. The van der Waals surface area contributed by atoms with Crippen molar-refractivity contribution in [1.29, 1.82) is 0 Å². The number of rotatable bonds is 2. The van der Waals surface area contributed by atoms with Crippen LogP contribution in [-0.4, -0.2) is 45.3 Å². The molecule has 7 heteroatoms. The van der Waals surface area contributed by atoms with Crippen LogP contribution in [0.15, 0.2) is 0 Å². The number of hydrogen-bond donors (Lipinski definition) is 2. The molecule has 4 nitrogen and oxygen atoms in total. The summed E-state index contributed by atoms with van der Waals surface area (Å²) in [5.41, 5.74) is 0. The summed E-state index contributed by atoms with van der Waals surface area (Å²) in [6, 6.07) is 0.0877. The lowest BCUT2D eigenvalue weighted by Gasteiger charge is -2.14. The van der Waals surface area contributed by atoms with Gasteiger partial charge in [-0.1, -0.05) is 0 Å². The van der Waals surface area contributed by atoms with Crippen molar-refractivity contribution in [1.82, 2.24) is 10.6 Å². The van der Waals surface area contributed by atoms with Crippen molar-refractivity contribution in [3.05, 3.63) is 0 Å². The van der Waals surface area contributed by atoms with Gasteiger partial charge in [-0.15, -0.1) is 24.2 Å². The molecule has 1 amide bonds. The van der Waals surface area contributed by atoms with Crippen molar-refractivity contribution >= 4 is 40.9 Å². The Hall–Kier alpha value is 0.220. The topological polar surface area (TPSA) is 58.2 Å². The zero-order chi connectivity index (χ0) is 9.97. The summed E-state index contributed by atoms with van der Waals surface area (Å²) in [4.78, 5) is 11.6. The molecule has 2 saturated heterocycles. The van der Waals surface area contributed by atoms with E-state index < -0.39 is 10.8 Å². The number of nitrogens with one attached hydrogen (secondary N) is 2. The first-order valence-electron chi connectivity index (χ1n) is 4.72. The zero-order valence-corrected chi connectivity index (χ0v) is 10.7. The van der Waals surface area contributed by atoms with Crippen LogP contribution in [0.25, 0.3) is 0 Å². The normalized spacial score (nSPS) is 34.8. The van der Waals surface area contributed by atoms with Gasteiger partial charge < -0.3 is 5.32 Å². The third kappa shape index (κ3) is 3.62. The Morgan fingerprint density at radius 3 is 2.87 bits per heavy atom. The summed E-state index contributed by atoms with van der Waals surface area (Å²) < 4.78 is 11.1. The molecular formula is C8H15ClN2O2S2. The number of hydrogen-bond acceptors (Lipinski definition) is 4. The fourth-order valence-corrected chi connectivity index (χ4v) is 4.00. The van der Waals surface area contributed by atoms with E-state index >= 15 is 0 Å². The molecule has 0 aromatic carbocycles. The number of thioether (sulfide) groups is 1.